The Morgan fingerprint density at radius 1 is 1.50 bits per heavy atom. The standard InChI is InChI=1S/C13H17ClN2O4/c1-8(2)7-10(13(17)20-3)15-12-9(14)5-4-6-11(12)16(18)19/h4-6,8,10,15H,7H2,1-3H3. The molecule has 110 valence electrons. The number of nitrogens with one attached hydrogen (secondary N) is 1. The number of ether oxygens (including phenoxy) is 1. The van der Waals surface area contributed by atoms with Crippen molar-refractivity contribution < 1.29 is 14.5 Å². The van der Waals surface area contributed by atoms with Gasteiger partial charge in [0.05, 0.1) is 17.1 Å². The van der Waals surface area contributed by atoms with E-state index >= 15 is 0 Å². The number of nitrogens with zero attached hydrogens (tertiary/aromatic N) is 1. The molecule has 1 N–H and O–H groups in total. The van der Waals surface area contributed by atoms with Gasteiger partial charge in [-0.3, -0.25) is 10.1 Å². The minimum absolute atomic E-state index is 0.134. The van der Waals surface area contributed by atoms with Gasteiger partial charge >= 0.3 is 5.97 Å². The number of carbonyl (C=O) groups is 1. The SMILES string of the molecule is COC(=O)C(CC(C)C)Nc1c(Cl)cccc1[N+](=O)[O-]. The lowest BCUT2D eigenvalue weighted by Gasteiger charge is -2.20. The van der Waals surface area contributed by atoms with E-state index in [0.717, 1.165) is 0 Å². The number of benzene rings is 1. The maximum atomic E-state index is 11.7. The third-order valence-corrected chi connectivity index (χ3v) is 3.01. The highest BCUT2D eigenvalue weighted by molar-refractivity contribution is 6.33. The van der Waals surface area contributed by atoms with Crippen LogP contribution in [0.4, 0.5) is 11.4 Å². The highest BCUT2D eigenvalue weighted by Crippen LogP contribution is 2.33. The van der Waals surface area contributed by atoms with Gasteiger partial charge in [0.2, 0.25) is 0 Å². The van der Waals surface area contributed by atoms with Gasteiger partial charge in [-0.15, -0.1) is 0 Å². The summed E-state index contributed by atoms with van der Waals surface area (Å²) in [6.45, 7) is 3.89. The summed E-state index contributed by atoms with van der Waals surface area (Å²) in [5.74, 6) is -0.263. The molecule has 0 aliphatic heterocycles. The van der Waals surface area contributed by atoms with Gasteiger partial charge in [-0.25, -0.2) is 4.79 Å². The lowest BCUT2D eigenvalue weighted by molar-refractivity contribution is -0.384. The second-order valence-corrected chi connectivity index (χ2v) is 5.15. The topological polar surface area (TPSA) is 81.5 Å². The zero-order valence-corrected chi connectivity index (χ0v) is 12.3. The van der Waals surface area contributed by atoms with Crippen LogP contribution in [0.3, 0.4) is 0 Å². The Morgan fingerprint density at radius 3 is 2.65 bits per heavy atom. The van der Waals surface area contributed by atoms with Crippen molar-refractivity contribution in [2.75, 3.05) is 12.4 Å². The Kier molecular flexibility index (Phi) is 5.76. The molecule has 7 heteroatoms. The molecule has 20 heavy (non-hydrogen) atoms. The summed E-state index contributed by atoms with van der Waals surface area (Å²) >= 11 is 5.98. The third kappa shape index (κ3) is 4.09. The molecule has 0 saturated carbocycles. The van der Waals surface area contributed by atoms with Crippen LogP contribution in [-0.2, 0) is 9.53 Å². The van der Waals surface area contributed by atoms with Gasteiger partial charge in [0.15, 0.2) is 0 Å². The first-order valence-corrected chi connectivity index (χ1v) is 6.51. The average Bonchev–Trinajstić information content (AvgIpc) is 2.38. The molecule has 0 heterocycles. The van der Waals surface area contributed by atoms with E-state index in [1.54, 1.807) is 0 Å². The van der Waals surface area contributed by atoms with E-state index < -0.39 is 16.9 Å². The number of rotatable bonds is 6. The Labute approximate surface area is 122 Å². The van der Waals surface area contributed by atoms with Gasteiger partial charge in [-0.05, 0) is 18.4 Å². The van der Waals surface area contributed by atoms with Crippen LogP contribution in [0.25, 0.3) is 0 Å². The van der Waals surface area contributed by atoms with Gasteiger partial charge in [0, 0.05) is 6.07 Å². The van der Waals surface area contributed by atoms with Crippen LogP contribution in [0.1, 0.15) is 20.3 Å². The quantitative estimate of drug-likeness (QED) is 0.495. The van der Waals surface area contributed by atoms with Crippen LogP contribution >= 0.6 is 11.6 Å². The van der Waals surface area contributed by atoms with E-state index in [2.05, 4.69) is 5.32 Å². The monoisotopic (exact) mass is 300 g/mol. The van der Waals surface area contributed by atoms with Crippen molar-refractivity contribution in [2.45, 2.75) is 26.3 Å². The molecule has 1 unspecified atom stereocenters. The number of hydrogen-bond acceptors (Lipinski definition) is 5. The largest absolute Gasteiger partial charge is 0.467 e. The van der Waals surface area contributed by atoms with Crippen molar-refractivity contribution in [3.8, 4) is 0 Å². The lowest BCUT2D eigenvalue weighted by Crippen LogP contribution is -2.32. The molecule has 0 saturated heterocycles. The van der Waals surface area contributed by atoms with Crippen molar-refractivity contribution in [1.29, 1.82) is 0 Å². The Morgan fingerprint density at radius 2 is 2.15 bits per heavy atom. The van der Waals surface area contributed by atoms with Crippen LogP contribution in [0.15, 0.2) is 18.2 Å². The molecule has 0 aromatic heterocycles. The molecule has 1 atom stereocenters. The maximum absolute atomic E-state index is 11.7. The van der Waals surface area contributed by atoms with Crippen molar-refractivity contribution >= 4 is 28.9 Å². The van der Waals surface area contributed by atoms with E-state index in [-0.39, 0.29) is 22.3 Å². The fourth-order valence-corrected chi connectivity index (χ4v) is 2.03. The predicted molar refractivity (Wildman–Crippen MR) is 77.0 cm³/mol. The van der Waals surface area contributed by atoms with E-state index in [0.29, 0.717) is 6.42 Å². The summed E-state index contributed by atoms with van der Waals surface area (Å²) in [5, 5.41) is 14.0. The number of methoxy groups -OCH3 is 1. The number of anilines is 1. The van der Waals surface area contributed by atoms with Crippen LogP contribution in [0, 0.1) is 16.0 Å². The third-order valence-electron chi connectivity index (χ3n) is 2.70. The Hall–Kier alpha value is -1.82. The Bertz CT molecular complexity index is 505. The summed E-state index contributed by atoms with van der Waals surface area (Å²) in [6, 6.07) is 3.67. The van der Waals surface area contributed by atoms with E-state index in [1.165, 1.54) is 25.3 Å². The molecule has 1 aromatic carbocycles. The zero-order chi connectivity index (χ0) is 15.3. The first kappa shape index (κ1) is 16.2. The molecule has 1 rings (SSSR count). The van der Waals surface area contributed by atoms with Crippen LogP contribution in [0.2, 0.25) is 5.02 Å². The summed E-state index contributed by atoms with van der Waals surface area (Å²) in [7, 11) is 1.28. The summed E-state index contributed by atoms with van der Waals surface area (Å²) in [6.07, 6.45) is 0.481. The van der Waals surface area contributed by atoms with E-state index in [1.807, 2.05) is 13.8 Å². The molecule has 0 amide bonds. The number of esters is 1. The lowest BCUT2D eigenvalue weighted by atomic mass is 10.0. The number of para-hydroxylation sites is 1. The number of hydrogen-bond donors (Lipinski definition) is 1. The van der Waals surface area contributed by atoms with E-state index in [4.69, 9.17) is 16.3 Å². The van der Waals surface area contributed by atoms with Gasteiger partial charge < -0.3 is 10.1 Å². The normalized spacial score (nSPS) is 12.1. The Balaban J connectivity index is 3.10. The molecular weight excluding hydrogens is 284 g/mol. The molecule has 0 aliphatic rings. The molecule has 0 radical (unpaired) electrons. The number of nitro groups is 1. The smallest absolute Gasteiger partial charge is 0.328 e. The minimum Gasteiger partial charge on any atom is -0.467 e. The van der Waals surface area contributed by atoms with Crippen molar-refractivity contribution in [3.63, 3.8) is 0 Å². The van der Waals surface area contributed by atoms with Crippen LogP contribution in [-0.4, -0.2) is 24.0 Å². The van der Waals surface area contributed by atoms with Gasteiger partial charge in [-0.1, -0.05) is 31.5 Å². The molecule has 0 aliphatic carbocycles. The second-order valence-electron chi connectivity index (χ2n) is 4.74. The number of halogens is 1. The van der Waals surface area contributed by atoms with Crippen molar-refractivity contribution in [2.24, 2.45) is 5.92 Å². The predicted octanol–water partition coefficient (Wildman–Crippen LogP) is 3.25. The first-order chi connectivity index (χ1) is 9.36. The summed E-state index contributed by atoms with van der Waals surface area (Å²) in [5.41, 5.74) is -0.0367. The van der Waals surface area contributed by atoms with Gasteiger partial charge in [0.25, 0.3) is 5.69 Å². The second kappa shape index (κ2) is 7.09. The molecular formula is C13H17ClN2O4. The van der Waals surface area contributed by atoms with Crippen LogP contribution < -0.4 is 5.32 Å². The van der Waals surface area contributed by atoms with Crippen molar-refractivity contribution in [3.05, 3.63) is 33.3 Å². The molecule has 1 aromatic rings. The highest BCUT2D eigenvalue weighted by atomic mass is 35.5. The van der Waals surface area contributed by atoms with Crippen LogP contribution in [0.5, 0.6) is 0 Å². The average molecular weight is 301 g/mol. The van der Waals surface area contributed by atoms with Crippen molar-refractivity contribution in [1.82, 2.24) is 0 Å². The van der Waals surface area contributed by atoms with Gasteiger partial charge in [-0.2, -0.15) is 0 Å². The first-order valence-electron chi connectivity index (χ1n) is 6.14. The minimum atomic E-state index is -0.682. The maximum Gasteiger partial charge on any atom is 0.328 e. The highest BCUT2D eigenvalue weighted by Gasteiger charge is 2.25. The molecule has 0 fully saturated rings. The fraction of sp³-hybridized carbons (Fsp3) is 0.462. The molecule has 0 spiro atoms. The molecule has 0 bridgehead atoms. The molecule has 6 nitrogen and oxygen atoms in total. The summed E-state index contributed by atoms with van der Waals surface area (Å²) in [4.78, 5) is 22.2. The van der Waals surface area contributed by atoms with Gasteiger partial charge in [0.1, 0.15) is 11.7 Å². The number of nitro benzene ring substituents is 1. The zero-order valence-electron chi connectivity index (χ0n) is 11.6. The van der Waals surface area contributed by atoms with E-state index in [9.17, 15) is 14.9 Å². The summed E-state index contributed by atoms with van der Waals surface area (Å²) < 4.78 is 4.71. The number of carbonyl (C=O) groups excluding carboxylic acids is 1. The fourth-order valence-electron chi connectivity index (χ4n) is 1.81.